The van der Waals surface area contributed by atoms with Gasteiger partial charge >= 0.3 is 6.16 Å². The number of benzene rings is 2. The van der Waals surface area contributed by atoms with Crippen LogP contribution in [-0.2, 0) is 9.47 Å². The molecular formula is C18H18O3. The molecular weight excluding hydrogens is 264 g/mol. The van der Waals surface area contributed by atoms with Gasteiger partial charge in [-0.15, -0.1) is 0 Å². The number of hydrogen-bond donors (Lipinski definition) is 0. The maximum absolute atomic E-state index is 12.0. The lowest BCUT2D eigenvalue weighted by Crippen LogP contribution is -2.25. The van der Waals surface area contributed by atoms with E-state index in [1.807, 2.05) is 69.3 Å². The molecule has 2 aromatic rings. The monoisotopic (exact) mass is 282 g/mol. The normalized spacial score (nSPS) is 13.5. The molecule has 0 fully saturated rings. The Balaban J connectivity index is 1.94. The lowest BCUT2D eigenvalue weighted by Gasteiger charge is -2.21. The Kier molecular flexibility index (Phi) is 3.20. The number of hydrogen-bond acceptors (Lipinski definition) is 3. The zero-order chi connectivity index (χ0) is 15.0. The first-order chi connectivity index (χ1) is 9.96. The number of ether oxygens (including phenoxy) is 2. The van der Waals surface area contributed by atoms with Crippen molar-refractivity contribution in [2.24, 2.45) is 0 Å². The highest BCUT2D eigenvalue weighted by Crippen LogP contribution is 2.45. The first kappa shape index (κ1) is 13.7. The summed E-state index contributed by atoms with van der Waals surface area (Å²) in [6, 6.07) is 16.0. The first-order valence-electron chi connectivity index (χ1n) is 7.03. The number of rotatable bonds is 1. The van der Waals surface area contributed by atoms with E-state index in [1.54, 1.807) is 0 Å². The van der Waals surface area contributed by atoms with Crippen LogP contribution in [-0.4, -0.2) is 11.8 Å². The Morgan fingerprint density at radius 1 is 0.905 bits per heavy atom. The molecule has 0 N–H and O–H groups in total. The lowest BCUT2D eigenvalue weighted by molar-refractivity contribution is -0.0194. The molecule has 0 radical (unpaired) electrons. The van der Waals surface area contributed by atoms with Gasteiger partial charge in [0.15, 0.2) is 6.10 Å². The summed E-state index contributed by atoms with van der Waals surface area (Å²) < 4.78 is 10.8. The molecule has 0 aliphatic heterocycles. The second kappa shape index (κ2) is 4.92. The Morgan fingerprint density at radius 3 is 1.86 bits per heavy atom. The van der Waals surface area contributed by atoms with Gasteiger partial charge in [0, 0.05) is 11.1 Å². The molecule has 0 amide bonds. The lowest BCUT2D eigenvalue weighted by atomic mass is 10.1. The number of fused-ring (bicyclic) bond motifs is 3. The van der Waals surface area contributed by atoms with E-state index in [9.17, 15) is 4.79 Å². The van der Waals surface area contributed by atoms with Crippen molar-refractivity contribution in [3.05, 3.63) is 59.7 Å². The van der Waals surface area contributed by atoms with Crippen LogP contribution in [0, 0.1) is 0 Å². The molecule has 1 aliphatic rings. The van der Waals surface area contributed by atoms with Crippen LogP contribution in [0.5, 0.6) is 0 Å². The second-order valence-corrected chi connectivity index (χ2v) is 6.14. The van der Waals surface area contributed by atoms with E-state index >= 15 is 0 Å². The Bertz CT molecular complexity index is 637. The summed E-state index contributed by atoms with van der Waals surface area (Å²) in [6.07, 6.45) is -1.04. The summed E-state index contributed by atoms with van der Waals surface area (Å²) in [5, 5.41) is 0. The maximum atomic E-state index is 12.0. The molecule has 3 nitrogen and oxygen atoms in total. The van der Waals surface area contributed by atoms with Crippen molar-refractivity contribution in [1.29, 1.82) is 0 Å². The van der Waals surface area contributed by atoms with E-state index in [1.165, 1.54) is 0 Å². The Hall–Kier alpha value is -2.29. The minimum Gasteiger partial charge on any atom is -0.429 e. The van der Waals surface area contributed by atoms with Crippen LogP contribution in [0.2, 0.25) is 0 Å². The van der Waals surface area contributed by atoms with Gasteiger partial charge in [0.2, 0.25) is 0 Å². The summed E-state index contributed by atoms with van der Waals surface area (Å²) >= 11 is 0. The van der Waals surface area contributed by atoms with E-state index in [2.05, 4.69) is 0 Å². The van der Waals surface area contributed by atoms with Crippen LogP contribution >= 0.6 is 0 Å². The van der Waals surface area contributed by atoms with Crippen molar-refractivity contribution in [2.45, 2.75) is 32.5 Å². The van der Waals surface area contributed by atoms with E-state index in [0.29, 0.717) is 0 Å². The molecule has 0 saturated heterocycles. The van der Waals surface area contributed by atoms with Gasteiger partial charge in [-0.2, -0.15) is 0 Å². The molecule has 0 unspecified atom stereocenters. The molecule has 0 bridgehead atoms. The third-order valence-corrected chi connectivity index (χ3v) is 3.38. The third-order valence-electron chi connectivity index (χ3n) is 3.38. The molecule has 3 heteroatoms. The Labute approximate surface area is 124 Å². The van der Waals surface area contributed by atoms with Crippen LogP contribution in [0.15, 0.2) is 48.5 Å². The van der Waals surface area contributed by atoms with Crippen molar-refractivity contribution in [2.75, 3.05) is 0 Å². The van der Waals surface area contributed by atoms with Gasteiger partial charge < -0.3 is 9.47 Å². The van der Waals surface area contributed by atoms with Gasteiger partial charge in [0.25, 0.3) is 0 Å². The fourth-order valence-electron chi connectivity index (χ4n) is 2.61. The summed E-state index contributed by atoms with van der Waals surface area (Å²) in [5.41, 5.74) is 3.67. The van der Waals surface area contributed by atoms with Gasteiger partial charge in [-0.05, 0) is 31.9 Å². The SMILES string of the molecule is CC(C)(C)OC(=O)OC1c2ccccc2-c2ccccc21. The minimum absolute atomic E-state index is 0.396. The van der Waals surface area contributed by atoms with Gasteiger partial charge in [-0.25, -0.2) is 4.79 Å². The second-order valence-electron chi connectivity index (χ2n) is 6.14. The zero-order valence-electron chi connectivity index (χ0n) is 12.4. The zero-order valence-corrected chi connectivity index (χ0v) is 12.4. The van der Waals surface area contributed by atoms with E-state index in [-0.39, 0.29) is 0 Å². The van der Waals surface area contributed by atoms with Gasteiger partial charge in [0.05, 0.1) is 0 Å². The molecule has 3 rings (SSSR count). The van der Waals surface area contributed by atoms with E-state index in [4.69, 9.17) is 9.47 Å². The predicted octanol–water partition coefficient (Wildman–Crippen LogP) is 4.71. The first-order valence-corrected chi connectivity index (χ1v) is 7.03. The molecule has 0 heterocycles. The molecule has 0 spiro atoms. The van der Waals surface area contributed by atoms with Crippen LogP contribution < -0.4 is 0 Å². The summed E-state index contributed by atoms with van der Waals surface area (Å²) in [6.45, 7) is 5.47. The van der Waals surface area contributed by atoms with Crippen LogP contribution in [0.25, 0.3) is 11.1 Å². The topological polar surface area (TPSA) is 35.5 Å². The molecule has 108 valence electrons. The summed E-state index contributed by atoms with van der Waals surface area (Å²) in [4.78, 5) is 12.0. The average Bonchev–Trinajstić information content (AvgIpc) is 2.72. The average molecular weight is 282 g/mol. The fourth-order valence-corrected chi connectivity index (χ4v) is 2.61. The molecule has 2 aromatic carbocycles. The van der Waals surface area contributed by atoms with Gasteiger partial charge in [0.1, 0.15) is 5.60 Å². The highest BCUT2D eigenvalue weighted by molar-refractivity contribution is 5.79. The minimum atomic E-state index is -0.640. The van der Waals surface area contributed by atoms with Crippen molar-refractivity contribution in [3.8, 4) is 11.1 Å². The summed E-state index contributed by atoms with van der Waals surface area (Å²) in [5.74, 6) is 0. The number of carbonyl (C=O) groups excluding carboxylic acids is 1. The fraction of sp³-hybridized carbons (Fsp3) is 0.278. The van der Waals surface area contributed by atoms with Crippen LogP contribution in [0.3, 0.4) is 0 Å². The standard InChI is InChI=1S/C18H18O3/c1-18(2,3)21-17(19)20-16-14-10-6-4-8-12(14)13-9-5-7-11-15(13)16/h4-11,16H,1-3H3. The largest absolute Gasteiger partial charge is 0.509 e. The quantitative estimate of drug-likeness (QED) is 0.711. The van der Waals surface area contributed by atoms with E-state index in [0.717, 1.165) is 22.3 Å². The maximum Gasteiger partial charge on any atom is 0.509 e. The highest BCUT2D eigenvalue weighted by Gasteiger charge is 2.32. The third kappa shape index (κ3) is 2.64. The van der Waals surface area contributed by atoms with E-state index < -0.39 is 17.9 Å². The Morgan fingerprint density at radius 2 is 1.38 bits per heavy atom. The van der Waals surface area contributed by atoms with Gasteiger partial charge in [-0.1, -0.05) is 48.5 Å². The molecule has 0 aromatic heterocycles. The molecule has 21 heavy (non-hydrogen) atoms. The highest BCUT2D eigenvalue weighted by atomic mass is 16.7. The van der Waals surface area contributed by atoms with Gasteiger partial charge in [-0.3, -0.25) is 0 Å². The van der Waals surface area contributed by atoms with Crippen LogP contribution in [0.1, 0.15) is 38.0 Å². The predicted molar refractivity (Wildman–Crippen MR) is 81.0 cm³/mol. The molecule has 1 aliphatic carbocycles. The summed E-state index contributed by atoms with van der Waals surface area (Å²) in [7, 11) is 0. The van der Waals surface area contributed by atoms with Crippen molar-refractivity contribution in [1.82, 2.24) is 0 Å². The number of carbonyl (C=O) groups is 1. The van der Waals surface area contributed by atoms with Crippen LogP contribution in [0.4, 0.5) is 4.79 Å². The molecule has 0 atom stereocenters. The van der Waals surface area contributed by atoms with Crippen molar-refractivity contribution >= 4 is 6.16 Å². The van der Waals surface area contributed by atoms with Crippen molar-refractivity contribution < 1.29 is 14.3 Å². The smallest absolute Gasteiger partial charge is 0.429 e. The van der Waals surface area contributed by atoms with Crippen molar-refractivity contribution in [3.63, 3.8) is 0 Å². The molecule has 0 saturated carbocycles.